The molecule has 0 spiro atoms. The second-order valence-electron chi connectivity index (χ2n) is 6.03. The number of hydrogen-bond acceptors (Lipinski definition) is 6. The van der Waals surface area contributed by atoms with Crippen molar-refractivity contribution in [1.82, 2.24) is 25.2 Å². The highest BCUT2D eigenvalue weighted by atomic mass is 16.5. The predicted octanol–water partition coefficient (Wildman–Crippen LogP) is 1.79. The van der Waals surface area contributed by atoms with Gasteiger partial charge in [0.2, 0.25) is 17.6 Å². The molecule has 0 saturated heterocycles. The van der Waals surface area contributed by atoms with Crippen LogP contribution in [0.15, 0.2) is 45.7 Å². The van der Waals surface area contributed by atoms with Crippen molar-refractivity contribution in [2.75, 3.05) is 0 Å². The molecule has 2 heterocycles. The summed E-state index contributed by atoms with van der Waals surface area (Å²) in [7, 11) is 0. The molecule has 134 valence electrons. The van der Waals surface area contributed by atoms with Crippen LogP contribution in [0.3, 0.4) is 0 Å². The lowest BCUT2D eigenvalue weighted by Gasteiger charge is -2.10. The quantitative estimate of drug-likeness (QED) is 0.750. The Morgan fingerprint density at radius 2 is 2.00 bits per heavy atom. The van der Waals surface area contributed by atoms with Gasteiger partial charge in [0.15, 0.2) is 0 Å². The van der Waals surface area contributed by atoms with Gasteiger partial charge in [-0.15, -0.1) is 0 Å². The summed E-state index contributed by atoms with van der Waals surface area (Å²) in [4.78, 5) is 28.3. The van der Waals surface area contributed by atoms with Gasteiger partial charge in [-0.2, -0.15) is 10.1 Å². The number of hydrogen-bond donors (Lipinski definition) is 1. The van der Waals surface area contributed by atoms with Crippen molar-refractivity contribution >= 4 is 5.91 Å². The molecule has 1 amide bonds. The molecule has 1 atom stereocenters. The van der Waals surface area contributed by atoms with Gasteiger partial charge < -0.3 is 9.84 Å². The lowest BCUT2D eigenvalue weighted by Crippen LogP contribution is -2.35. The van der Waals surface area contributed by atoms with Gasteiger partial charge in [-0.05, 0) is 32.4 Å². The zero-order valence-corrected chi connectivity index (χ0v) is 14.8. The van der Waals surface area contributed by atoms with Gasteiger partial charge in [-0.3, -0.25) is 9.59 Å². The van der Waals surface area contributed by atoms with Gasteiger partial charge in [0, 0.05) is 11.6 Å². The van der Waals surface area contributed by atoms with Crippen molar-refractivity contribution < 1.29 is 9.32 Å². The highest BCUT2D eigenvalue weighted by Crippen LogP contribution is 2.21. The smallest absolute Gasteiger partial charge is 0.267 e. The SMILES string of the molecule is Cc1ccc(=O)n(CC(=O)N[C@H](C)c2nc(-c3ccccc3C)no2)n1. The molecule has 0 aliphatic heterocycles. The number of benzene rings is 1. The first-order chi connectivity index (χ1) is 12.4. The van der Waals surface area contributed by atoms with E-state index >= 15 is 0 Å². The van der Waals surface area contributed by atoms with E-state index in [9.17, 15) is 9.59 Å². The molecule has 0 aliphatic rings. The Morgan fingerprint density at radius 1 is 1.23 bits per heavy atom. The highest BCUT2D eigenvalue weighted by molar-refractivity contribution is 5.76. The number of carbonyl (C=O) groups is 1. The van der Waals surface area contributed by atoms with Crippen LogP contribution < -0.4 is 10.9 Å². The van der Waals surface area contributed by atoms with Crippen LogP contribution in [0.5, 0.6) is 0 Å². The van der Waals surface area contributed by atoms with Crippen LogP contribution in [0.4, 0.5) is 0 Å². The molecule has 8 nitrogen and oxygen atoms in total. The van der Waals surface area contributed by atoms with E-state index in [4.69, 9.17) is 4.52 Å². The first-order valence-corrected chi connectivity index (χ1v) is 8.18. The molecule has 1 N–H and O–H groups in total. The number of rotatable bonds is 5. The topological polar surface area (TPSA) is 103 Å². The molecule has 0 radical (unpaired) electrons. The molecule has 26 heavy (non-hydrogen) atoms. The third kappa shape index (κ3) is 3.85. The van der Waals surface area contributed by atoms with E-state index in [-0.39, 0.29) is 18.0 Å². The zero-order valence-electron chi connectivity index (χ0n) is 14.8. The van der Waals surface area contributed by atoms with Crippen molar-refractivity contribution in [2.24, 2.45) is 0 Å². The molecule has 2 aromatic heterocycles. The Kier molecular flexibility index (Phi) is 4.92. The maximum absolute atomic E-state index is 12.2. The molecule has 1 aromatic carbocycles. The van der Waals surface area contributed by atoms with Gasteiger partial charge in [-0.25, -0.2) is 4.68 Å². The van der Waals surface area contributed by atoms with Crippen LogP contribution >= 0.6 is 0 Å². The summed E-state index contributed by atoms with van der Waals surface area (Å²) in [5, 5.41) is 10.8. The number of aryl methyl sites for hydroxylation is 2. The number of nitrogens with zero attached hydrogens (tertiary/aromatic N) is 4. The van der Waals surface area contributed by atoms with Crippen LogP contribution in [-0.2, 0) is 11.3 Å². The van der Waals surface area contributed by atoms with Crippen LogP contribution in [0.2, 0.25) is 0 Å². The van der Waals surface area contributed by atoms with Crippen molar-refractivity contribution in [3.8, 4) is 11.4 Å². The van der Waals surface area contributed by atoms with Crippen molar-refractivity contribution in [3.63, 3.8) is 0 Å². The molecular weight excluding hydrogens is 334 g/mol. The molecule has 0 saturated carbocycles. The normalized spacial score (nSPS) is 12.0. The Balaban J connectivity index is 1.69. The number of carbonyl (C=O) groups excluding carboxylic acids is 1. The molecule has 0 unspecified atom stereocenters. The number of amides is 1. The van der Waals surface area contributed by atoms with Crippen molar-refractivity contribution in [3.05, 3.63) is 63.9 Å². The first kappa shape index (κ1) is 17.5. The molecule has 0 bridgehead atoms. The minimum Gasteiger partial charge on any atom is -0.343 e. The van der Waals surface area contributed by atoms with E-state index < -0.39 is 6.04 Å². The van der Waals surface area contributed by atoms with Crippen LogP contribution in [0.1, 0.15) is 30.1 Å². The average Bonchev–Trinajstić information content (AvgIpc) is 3.08. The zero-order chi connectivity index (χ0) is 18.7. The fourth-order valence-corrected chi connectivity index (χ4v) is 2.49. The summed E-state index contributed by atoms with van der Waals surface area (Å²) >= 11 is 0. The maximum Gasteiger partial charge on any atom is 0.267 e. The van der Waals surface area contributed by atoms with Crippen molar-refractivity contribution in [1.29, 1.82) is 0 Å². The fraction of sp³-hybridized carbons (Fsp3) is 0.278. The predicted molar refractivity (Wildman–Crippen MR) is 94.3 cm³/mol. The second-order valence-corrected chi connectivity index (χ2v) is 6.03. The van der Waals surface area contributed by atoms with Gasteiger partial charge >= 0.3 is 0 Å². The Bertz CT molecular complexity index is 992. The summed E-state index contributed by atoms with van der Waals surface area (Å²) in [6, 6.07) is 10.2. The summed E-state index contributed by atoms with van der Waals surface area (Å²) < 4.78 is 6.38. The number of nitrogens with one attached hydrogen (secondary N) is 1. The third-order valence-electron chi connectivity index (χ3n) is 3.87. The number of aromatic nitrogens is 4. The standard InChI is InChI=1S/C18H19N5O3/c1-11-6-4-5-7-14(11)17-20-18(26-22-17)13(3)19-15(24)10-23-16(25)9-8-12(2)21-23/h4-9,13H,10H2,1-3H3,(H,19,24)/t13-/m1/s1. The van der Waals surface area contributed by atoms with E-state index in [0.717, 1.165) is 15.8 Å². The Morgan fingerprint density at radius 3 is 2.77 bits per heavy atom. The fourth-order valence-electron chi connectivity index (χ4n) is 2.49. The second kappa shape index (κ2) is 7.30. The molecule has 0 fully saturated rings. The maximum atomic E-state index is 12.2. The van der Waals surface area contributed by atoms with Gasteiger partial charge in [0.25, 0.3) is 5.56 Å². The van der Waals surface area contributed by atoms with Crippen LogP contribution in [0, 0.1) is 13.8 Å². The molecule has 0 aliphatic carbocycles. The van der Waals surface area contributed by atoms with E-state index in [0.29, 0.717) is 17.4 Å². The molecule has 8 heteroatoms. The van der Waals surface area contributed by atoms with E-state index in [1.165, 1.54) is 6.07 Å². The van der Waals surface area contributed by atoms with Crippen LogP contribution in [0.25, 0.3) is 11.4 Å². The molecule has 3 rings (SSSR count). The van der Waals surface area contributed by atoms with E-state index in [1.807, 2.05) is 31.2 Å². The average molecular weight is 353 g/mol. The summed E-state index contributed by atoms with van der Waals surface area (Å²) in [5.74, 6) is 0.394. The monoisotopic (exact) mass is 353 g/mol. The Labute approximate surface area is 149 Å². The summed E-state index contributed by atoms with van der Waals surface area (Å²) in [5.41, 5.74) is 2.22. The van der Waals surface area contributed by atoms with E-state index in [1.54, 1.807) is 19.9 Å². The minimum absolute atomic E-state index is 0.177. The highest BCUT2D eigenvalue weighted by Gasteiger charge is 2.18. The summed E-state index contributed by atoms with van der Waals surface area (Å²) in [6.07, 6.45) is 0. The largest absolute Gasteiger partial charge is 0.343 e. The minimum atomic E-state index is -0.492. The van der Waals surface area contributed by atoms with Crippen LogP contribution in [-0.4, -0.2) is 25.8 Å². The van der Waals surface area contributed by atoms with Gasteiger partial charge in [0.1, 0.15) is 12.6 Å². The third-order valence-corrected chi connectivity index (χ3v) is 3.87. The van der Waals surface area contributed by atoms with Gasteiger partial charge in [-0.1, -0.05) is 29.4 Å². The first-order valence-electron chi connectivity index (χ1n) is 8.18. The molecule has 3 aromatic rings. The van der Waals surface area contributed by atoms with E-state index in [2.05, 4.69) is 20.6 Å². The van der Waals surface area contributed by atoms with Gasteiger partial charge in [0.05, 0.1) is 5.69 Å². The van der Waals surface area contributed by atoms with Crippen molar-refractivity contribution in [2.45, 2.75) is 33.4 Å². The summed E-state index contributed by atoms with van der Waals surface area (Å²) in [6.45, 7) is 5.27. The lowest BCUT2D eigenvalue weighted by molar-refractivity contribution is -0.122. The lowest BCUT2D eigenvalue weighted by atomic mass is 10.1. The molecular formula is C18H19N5O3. The Hall–Kier alpha value is -3.29.